The molecule has 0 fully saturated rings. The SMILES string of the molecule is O=C(/C=C/c1ccco1)OCC(=O)N1c2ccccc2SC[C@H]1c1ccccc1. The maximum Gasteiger partial charge on any atom is 0.331 e. The molecule has 0 aliphatic carbocycles. The van der Waals surface area contributed by atoms with Gasteiger partial charge in [0.05, 0.1) is 18.0 Å². The van der Waals surface area contributed by atoms with Crippen molar-refractivity contribution in [3.05, 3.63) is 90.4 Å². The zero-order valence-corrected chi connectivity index (χ0v) is 16.4. The molecule has 0 saturated heterocycles. The van der Waals surface area contributed by atoms with E-state index in [0.29, 0.717) is 5.76 Å². The summed E-state index contributed by atoms with van der Waals surface area (Å²) < 4.78 is 10.3. The fourth-order valence-corrected chi connectivity index (χ4v) is 4.37. The van der Waals surface area contributed by atoms with E-state index in [4.69, 9.17) is 9.15 Å². The Balaban J connectivity index is 1.51. The van der Waals surface area contributed by atoms with Crippen molar-refractivity contribution < 1.29 is 18.7 Å². The number of fused-ring (bicyclic) bond motifs is 1. The molecule has 0 radical (unpaired) electrons. The van der Waals surface area contributed by atoms with Crippen LogP contribution in [0.4, 0.5) is 5.69 Å². The van der Waals surface area contributed by atoms with Crippen LogP contribution < -0.4 is 4.90 Å². The van der Waals surface area contributed by atoms with Crippen molar-refractivity contribution in [3.63, 3.8) is 0 Å². The van der Waals surface area contributed by atoms with Gasteiger partial charge >= 0.3 is 5.97 Å². The number of carbonyl (C=O) groups is 2. The van der Waals surface area contributed by atoms with E-state index >= 15 is 0 Å². The first kappa shape index (κ1) is 19.1. The lowest BCUT2D eigenvalue weighted by molar-refractivity contribution is -0.143. The Hall–Kier alpha value is -3.25. The number of para-hydroxylation sites is 1. The van der Waals surface area contributed by atoms with E-state index in [1.807, 2.05) is 54.6 Å². The Morgan fingerprint density at radius 2 is 1.86 bits per heavy atom. The first-order valence-corrected chi connectivity index (χ1v) is 10.2. The second-order valence-electron chi connectivity index (χ2n) is 6.43. The lowest BCUT2D eigenvalue weighted by Crippen LogP contribution is -2.41. The third kappa shape index (κ3) is 4.43. The van der Waals surface area contributed by atoms with Crippen molar-refractivity contribution >= 4 is 35.4 Å². The predicted molar refractivity (Wildman–Crippen MR) is 113 cm³/mol. The van der Waals surface area contributed by atoms with E-state index < -0.39 is 5.97 Å². The summed E-state index contributed by atoms with van der Waals surface area (Å²) in [4.78, 5) is 27.9. The van der Waals surface area contributed by atoms with E-state index in [9.17, 15) is 9.59 Å². The maximum absolute atomic E-state index is 13.1. The van der Waals surface area contributed by atoms with Crippen molar-refractivity contribution in [1.82, 2.24) is 0 Å². The number of anilines is 1. The molecule has 2 aromatic carbocycles. The standard InChI is InChI=1S/C23H19NO4S/c25-22(15-28-23(26)13-12-18-9-6-14-27-18)24-19-10-4-5-11-21(19)29-16-20(24)17-7-2-1-3-8-17/h1-14,20H,15-16H2/b13-12+/t20-/m0/s1. The number of benzene rings is 2. The van der Waals surface area contributed by atoms with Gasteiger partial charge in [0.1, 0.15) is 5.76 Å². The first-order valence-electron chi connectivity index (χ1n) is 9.19. The molecule has 6 heteroatoms. The Morgan fingerprint density at radius 1 is 1.07 bits per heavy atom. The van der Waals surface area contributed by atoms with Crippen LogP contribution in [0.25, 0.3) is 6.08 Å². The second kappa shape index (κ2) is 8.84. The van der Waals surface area contributed by atoms with E-state index in [1.54, 1.807) is 28.8 Å². The smallest absolute Gasteiger partial charge is 0.331 e. The molecule has 2 heterocycles. The summed E-state index contributed by atoms with van der Waals surface area (Å²) in [5, 5.41) is 0. The summed E-state index contributed by atoms with van der Waals surface area (Å²) in [5.74, 6) is 0.426. The van der Waals surface area contributed by atoms with Gasteiger partial charge < -0.3 is 9.15 Å². The Bertz CT molecular complexity index is 1010. The number of rotatable bonds is 5. The number of nitrogens with zero attached hydrogens (tertiary/aromatic N) is 1. The fraction of sp³-hybridized carbons (Fsp3) is 0.130. The van der Waals surface area contributed by atoms with Gasteiger partial charge in [-0.25, -0.2) is 4.79 Å². The average molecular weight is 405 g/mol. The van der Waals surface area contributed by atoms with Gasteiger partial charge in [-0.3, -0.25) is 9.69 Å². The number of esters is 1. The molecule has 1 aliphatic heterocycles. The average Bonchev–Trinajstić information content (AvgIpc) is 3.29. The summed E-state index contributed by atoms with van der Waals surface area (Å²) in [6.45, 7) is -0.330. The van der Waals surface area contributed by atoms with Crippen LogP contribution in [-0.4, -0.2) is 24.2 Å². The zero-order valence-electron chi connectivity index (χ0n) is 15.6. The van der Waals surface area contributed by atoms with Crippen LogP contribution >= 0.6 is 11.8 Å². The van der Waals surface area contributed by atoms with E-state index in [1.165, 1.54) is 18.4 Å². The molecule has 0 N–H and O–H groups in total. The van der Waals surface area contributed by atoms with Gasteiger partial charge in [-0.2, -0.15) is 0 Å². The lowest BCUT2D eigenvalue weighted by atomic mass is 10.1. The van der Waals surface area contributed by atoms with Gasteiger partial charge in [-0.05, 0) is 35.9 Å². The summed E-state index contributed by atoms with van der Waals surface area (Å²) in [6, 6.07) is 21.0. The molecule has 5 nitrogen and oxygen atoms in total. The van der Waals surface area contributed by atoms with E-state index in [-0.39, 0.29) is 18.6 Å². The van der Waals surface area contributed by atoms with Gasteiger partial charge in [-0.1, -0.05) is 42.5 Å². The topological polar surface area (TPSA) is 59.8 Å². The molecule has 1 amide bonds. The molecule has 0 saturated carbocycles. The molecule has 0 unspecified atom stereocenters. The van der Waals surface area contributed by atoms with Gasteiger partial charge in [0, 0.05) is 16.7 Å². The lowest BCUT2D eigenvalue weighted by Gasteiger charge is -2.37. The van der Waals surface area contributed by atoms with Gasteiger partial charge in [0.2, 0.25) is 0 Å². The summed E-state index contributed by atoms with van der Waals surface area (Å²) >= 11 is 1.72. The van der Waals surface area contributed by atoms with Crippen LogP contribution in [0.15, 0.2) is 88.4 Å². The van der Waals surface area contributed by atoms with Gasteiger partial charge in [0.25, 0.3) is 5.91 Å². The van der Waals surface area contributed by atoms with Crippen LogP contribution in [0.5, 0.6) is 0 Å². The number of hydrogen-bond donors (Lipinski definition) is 0. The number of amides is 1. The van der Waals surface area contributed by atoms with Crippen molar-refractivity contribution in [3.8, 4) is 0 Å². The third-order valence-corrected chi connectivity index (χ3v) is 5.69. The number of ether oxygens (including phenoxy) is 1. The van der Waals surface area contributed by atoms with Crippen molar-refractivity contribution in [2.24, 2.45) is 0 Å². The normalized spacial score (nSPS) is 15.9. The van der Waals surface area contributed by atoms with Gasteiger partial charge in [0.15, 0.2) is 6.61 Å². The molecule has 3 aromatic rings. The predicted octanol–water partition coefficient (Wildman–Crippen LogP) is 4.72. The molecule has 146 valence electrons. The number of hydrogen-bond acceptors (Lipinski definition) is 5. The third-order valence-electron chi connectivity index (χ3n) is 4.55. The van der Waals surface area contributed by atoms with Crippen LogP contribution in [0.3, 0.4) is 0 Å². The van der Waals surface area contributed by atoms with Crippen molar-refractivity contribution in [2.45, 2.75) is 10.9 Å². The van der Waals surface area contributed by atoms with Gasteiger partial charge in [-0.15, -0.1) is 11.8 Å². The van der Waals surface area contributed by atoms with Crippen LogP contribution in [-0.2, 0) is 14.3 Å². The molecular formula is C23H19NO4S. The molecule has 1 aromatic heterocycles. The molecule has 1 atom stereocenters. The van der Waals surface area contributed by atoms with E-state index in [2.05, 4.69) is 0 Å². The minimum Gasteiger partial charge on any atom is -0.465 e. The summed E-state index contributed by atoms with van der Waals surface area (Å²) in [7, 11) is 0. The number of furan rings is 1. The Labute approximate surface area is 173 Å². The second-order valence-corrected chi connectivity index (χ2v) is 7.49. The van der Waals surface area contributed by atoms with Crippen LogP contribution in [0.2, 0.25) is 0 Å². The first-order chi connectivity index (χ1) is 14.2. The minimum absolute atomic E-state index is 0.124. The zero-order chi connectivity index (χ0) is 20.1. The molecule has 29 heavy (non-hydrogen) atoms. The fourth-order valence-electron chi connectivity index (χ4n) is 3.20. The highest BCUT2D eigenvalue weighted by Gasteiger charge is 2.32. The number of carbonyl (C=O) groups excluding carboxylic acids is 2. The highest BCUT2D eigenvalue weighted by Crippen LogP contribution is 2.43. The van der Waals surface area contributed by atoms with Crippen LogP contribution in [0.1, 0.15) is 17.4 Å². The van der Waals surface area contributed by atoms with Crippen LogP contribution in [0, 0.1) is 0 Å². The minimum atomic E-state index is -0.592. The highest BCUT2D eigenvalue weighted by atomic mass is 32.2. The molecule has 0 bridgehead atoms. The molecular weight excluding hydrogens is 386 g/mol. The summed E-state index contributed by atoms with van der Waals surface area (Å²) in [6.07, 6.45) is 4.28. The molecule has 0 spiro atoms. The largest absolute Gasteiger partial charge is 0.465 e. The quantitative estimate of drug-likeness (QED) is 0.454. The Morgan fingerprint density at radius 3 is 2.66 bits per heavy atom. The Kier molecular flexibility index (Phi) is 5.81. The summed E-state index contributed by atoms with van der Waals surface area (Å²) in [5.41, 5.74) is 1.89. The maximum atomic E-state index is 13.1. The highest BCUT2D eigenvalue weighted by molar-refractivity contribution is 7.99. The van der Waals surface area contributed by atoms with E-state index in [0.717, 1.165) is 21.9 Å². The molecule has 4 rings (SSSR count). The number of thioether (sulfide) groups is 1. The monoisotopic (exact) mass is 405 g/mol. The molecule has 1 aliphatic rings. The van der Waals surface area contributed by atoms with Crippen molar-refractivity contribution in [2.75, 3.05) is 17.3 Å². The van der Waals surface area contributed by atoms with Crippen molar-refractivity contribution in [1.29, 1.82) is 0 Å².